The molecule has 4 saturated heterocycles. The Kier molecular flexibility index (Phi) is 53.4. The van der Waals surface area contributed by atoms with Crippen molar-refractivity contribution in [3.05, 3.63) is 0 Å². The summed E-state index contributed by atoms with van der Waals surface area (Å²) in [6, 6.07) is -4.43. The van der Waals surface area contributed by atoms with E-state index in [4.69, 9.17) is 47.7 Å². The molecule has 0 aromatic carbocycles. The molecule has 0 radical (unpaired) electrons. The second-order valence-corrected chi connectivity index (χ2v) is 33.0. The highest BCUT2D eigenvalue weighted by Crippen LogP contribution is 2.36. The topological polar surface area (TPSA) is 621 Å². The van der Waals surface area contributed by atoms with Crippen molar-refractivity contribution in [2.75, 3.05) is 79.1 Å². The zero-order chi connectivity index (χ0) is 88.7. The number of hydrogen-bond acceptors (Lipinski definition) is 31. The lowest BCUT2D eigenvalue weighted by Crippen LogP contribution is -2.64. The molecular weight excluding hydrogens is 1610 g/mol. The first-order valence-corrected chi connectivity index (χ1v) is 44.5. The number of phosphoric ester groups is 1. The van der Waals surface area contributed by atoms with Gasteiger partial charge in [0.05, 0.1) is 57.4 Å². The van der Waals surface area contributed by atoms with E-state index in [1.54, 1.807) is 20.8 Å². The van der Waals surface area contributed by atoms with Gasteiger partial charge in [0.2, 0.25) is 41.4 Å². The Labute approximate surface area is 702 Å². The van der Waals surface area contributed by atoms with E-state index in [9.17, 15) is 109 Å². The highest BCUT2D eigenvalue weighted by molar-refractivity contribution is 7.46. The van der Waals surface area contributed by atoms with Gasteiger partial charge in [-0.25, -0.2) is 4.57 Å². The smallest absolute Gasteiger partial charge is 0.394 e. The number of carbonyl (C=O) groups is 9. The molecule has 0 unspecified atom stereocenters. The van der Waals surface area contributed by atoms with Gasteiger partial charge in [0.15, 0.2) is 30.9 Å². The van der Waals surface area contributed by atoms with Crippen LogP contribution < -0.4 is 37.2 Å². The Morgan fingerprint density at radius 2 is 0.675 bits per heavy atom. The summed E-state index contributed by atoms with van der Waals surface area (Å²) in [5.41, 5.74) is 0. The van der Waals surface area contributed by atoms with Gasteiger partial charge in [0.25, 0.3) is 0 Å². The molecule has 4 aliphatic rings. The molecule has 696 valence electrons. The lowest BCUT2D eigenvalue weighted by Gasteiger charge is -2.42. The molecule has 0 bridgehead atoms. The lowest BCUT2D eigenvalue weighted by atomic mass is 9.92. The molecule has 120 heavy (non-hydrogen) atoms. The van der Waals surface area contributed by atoms with Crippen molar-refractivity contribution in [3.63, 3.8) is 0 Å². The summed E-state index contributed by atoms with van der Waals surface area (Å²) in [7, 11) is -4.57. The number of ketones is 2. The molecule has 41 heteroatoms. The van der Waals surface area contributed by atoms with Crippen LogP contribution in [0.5, 0.6) is 0 Å². The van der Waals surface area contributed by atoms with Crippen molar-refractivity contribution in [2.24, 2.45) is 17.8 Å². The number of aliphatic hydroxyl groups is 12. The van der Waals surface area contributed by atoms with Gasteiger partial charge in [0, 0.05) is 116 Å². The van der Waals surface area contributed by atoms with Gasteiger partial charge < -0.3 is 146 Å². The van der Waals surface area contributed by atoms with Gasteiger partial charge in [0.1, 0.15) is 78.8 Å². The number of carbonyl (C=O) groups excluding carboxylic acids is 9. The van der Waals surface area contributed by atoms with E-state index in [-0.39, 0.29) is 159 Å². The first kappa shape index (κ1) is 107. The fourth-order valence-corrected chi connectivity index (χ4v) is 14.7. The number of amides is 7. The van der Waals surface area contributed by atoms with Crippen LogP contribution in [-0.4, -0.2) is 326 Å². The first-order valence-electron chi connectivity index (χ1n) is 42.9. The third kappa shape index (κ3) is 40.9. The summed E-state index contributed by atoms with van der Waals surface area (Å²) in [5, 5.41) is 141. The number of phosphoric acid groups is 1. The van der Waals surface area contributed by atoms with Crippen molar-refractivity contribution in [2.45, 2.75) is 349 Å². The van der Waals surface area contributed by atoms with Crippen LogP contribution in [0, 0.1) is 17.8 Å². The monoisotopic (exact) mass is 1750 g/mol. The first-order chi connectivity index (χ1) is 57.2. The van der Waals surface area contributed by atoms with Crippen LogP contribution in [0.15, 0.2) is 0 Å². The highest BCUT2D eigenvalue weighted by Gasteiger charge is 2.47. The van der Waals surface area contributed by atoms with Gasteiger partial charge in [-0.1, -0.05) is 46.5 Å². The van der Waals surface area contributed by atoms with Crippen molar-refractivity contribution >= 4 is 60.7 Å². The molecule has 0 saturated carbocycles. The van der Waals surface area contributed by atoms with Gasteiger partial charge in [-0.05, 0) is 128 Å². The molecule has 23 atom stereocenters. The highest BCUT2D eigenvalue weighted by atomic mass is 31.2. The molecule has 0 aromatic rings. The van der Waals surface area contributed by atoms with Gasteiger partial charge in [-0.15, -0.1) is 0 Å². The maximum absolute atomic E-state index is 14.6. The van der Waals surface area contributed by atoms with Gasteiger partial charge >= 0.3 is 7.82 Å². The Morgan fingerprint density at radius 3 is 1.11 bits per heavy atom. The molecule has 4 heterocycles. The number of Topliss-reactive ketones (excluding diaryl/α,β-unsaturated/α-hetero) is 2. The fourth-order valence-electron chi connectivity index (χ4n) is 14.3. The number of hydrogen-bond donors (Lipinski definition) is 21. The van der Waals surface area contributed by atoms with E-state index in [0.29, 0.717) is 116 Å². The maximum Gasteiger partial charge on any atom is 0.469 e. The second-order valence-electron chi connectivity index (χ2n) is 31.8. The Bertz CT molecular complexity index is 3000. The second kappa shape index (κ2) is 59.8. The summed E-state index contributed by atoms with van der Waals surface area (Å²) >= 11 is 0. The van der Waals surface area contributed by atoms with Gasteiger partial charge in [-0.3, -0.25) is 47.7 Å². The molecule has 0 aliphatic carbocycles. The molecule has 4 fully saturated rings. The molecule has 0 spiro atoms. The zero-order valence-electron chi connectivity index (χ0n) is 70.1. The van der Waals surface area contributed by atoms with E-state index in [1.165, 1.54) is 6.92 Å². The molecule has 40 nitrogen and oxygen atoms in total. The van der Waals surface area contributed by atoms with Crippen LogP contribution in [0.1, 0.15) is 227 Å². The van der Waals surface area contributed by atoms with Crippen molar-refractivity contribution in [1.82, 2.24) is 37.2 Å². The minimum Gasteiger partial charge on any atom is -0.394 e. The van der Waals surface area contributed by atoms with E-state index in [0.717, 1.165) is 0 Å². The van der Waals surface area contributed by atoms with Gasteiger partial charge in [-0.2, -0.15) is 0 Å². The SMILES string of the molecule is CC(=O)N[C@H]1[C@H](OCCCCC(=O)CCCCC[C@H](NC(=O)CCCCO[C@@H]2O[C@H](CO)[C@H](O)[C@H](O)[C@H]2C)C(=O)NCCCC[C@H](NC(=O)[C@H](CCCCNC(=O)CCCCO[C@@H]2O[C@H](CO)[C@H](O)[C@H](O)[C@H]2C)NC(=O)CCCCO[C@@H]2O[C@H](CO)[C@H](O)[C@H](O)[C@H]2C)C(=O)CCCCC(=O)NCCCCCCOP(=O)(O)O)O[C@H](CO)[C@H](O)[C@@H]1O. The van der Waals surface area contributed by atoms with E-state index in [1.807, 2.05) is 0 Å². The summed E-state index contributed by atoms with van der Waals surface area (Å²) in [5.74, 6) is -5.43. The zero-order valence-corrected chi connectivity index (χ0v) is 71.0. The van der Waals surface area contributed by atoms with E-state index >= 15 is 0 Å². The minimum absolute atomic E-state index is 0.0123. The van der Waals surface area contributed by atoms with Crippen LogP contribution in [0.25, 0.3) is 0 Å². The summed E-state index contributed by atoms with van der Waals surface area (Å²) in [6.07, 6.45) is -9.46. The summed E-state index contributed by atoms with van der Waals surface area (Å²) < 4.78 is 61.1. The summed E-state index contributed by atoms with van der Waals surface area (Å²) in [4.78, 5) is 139. The predicted molar refractivity (Wildman–Crippen MR) is 426 cm³/mol. The quantitative estimate of drug-likeness (QED) is 0.0240. The Hall–Kier alpha value is -5.06. The lowest BCUT2D eigenvalue weighted by molar-refractivity contribution is -0.282. The molecule has 0 aromatic heterocycles. The summed E-state index contributed by atoms with van der Waals surface area (Å²) in [6.45, 7) is 4.80. The van der Waals surface area contributed by atoms with Crippen LogP contribution >= 0.6 is 7.82 Å². The van der Waals surface area contributed by atoms with E-state index < -0.39 is 204 Å². The molecule has 4 aliphatic heterocycles. The number of aliphatic hydroxyl groups excluding tert-OH is 12. The van der Waals surface area contributed by atoms with Crippen molar-refractivity contribution in [1.29, 1.82) is 0 Å². The molecule has 4 rings (SSSR count). The third-order valence-corrected chi connectivity index (χ3v) is 22.4. The van der Waals surface area contributed by atoms with E-state index in [2.05, 4.69) is 41.7 Å². The minimum atomic E-state index is -4.57. The average Bonchev–Trinajstić information content (AvgIpc) is 0.816. The standard InChI is InChI=1S/C79H142N7O33P/c1-48-66(98)69(101)57(44-87)116-76(48)111-39-23-15-33-62(95)81-37-19-13-30-55(85-64(97)35-17-25-41-113-78-50(3)68(100)71(103)59(46-89)118-78)75(107)86-53(56(93)31-10-11-32-61(94)80-36-18-5-6-21-43-115-120(108,109)110)28-12-20-38-82-74(106)54(84-63(96)34-16-24-40-112-77-49(2)67(99)70(102)58(45-88)117-77)29-9-7-8-26-52(92)27-14-22-42-114-79-65(83-51(4)91)73(105)72(104)60(47-90)119-79/h48-50,53-55,57-60,65-73,76-79,87-90,98-105H,5-47H2,1-4H3,(H,80,94)(H,81,95)(H,82,106)(H,83,91)(H,84,96)(H,85,97)(H,86,107)(H2,108,109,110)/t48-,49-,50-,53+,54+,55+,57-,58-,59-,60-,65-,66-,67-,68-,69+,70+,71+,72+,73-,76-,77-,78-,79-/m1/s1. The predicted octanol–water partition coefficient (Wildman–Crippen LogP) is -1.63. The van der Waals surface area contributed by atoms with Crippen molar-refractivity contribution in [3.8, 4) is 0 Å². The maximum atomic E-state index is 14.6. The Morgan fingerprint density at radius 1 is 0.350 bits per heavy atom. The Balaban J connectivity index is 1.42. The van der Waals surface area contributed by atoms with Crippen molar-refractivity contribution < 1.29 is 161 Å². The fraction of sp³-hybridized carbons (Fsp3) is 0.886. The van der Waals surface area contributed by atoms with Crippen LogP contribution in [0.2, 0.25) is 0 Å². The number of ether oxygens (including phenoxy) is 8. The normalized spacial score (nSPS) is 27.8. The van der Waals surface area contributed by atoms with Crippen LogP contribution in [0.3, 0.4) is 0 Å². The average molecular weight is 1750 g/mol. The van der Waals surface area contributed by atoms with Crippen LogP contribution in [0.4, 0.5) is 0 Å². The molecule has 7 amide bonds. The van der Waals surface area contributed by atoms with Crippen LogP contribution in [-0.2, 0) is 90.1 Å². The third-order valence-electron chi connectivity index (χ3n) is 21.8. The molecule has 21 N–H and O–H groups in total. The number of unbranched alkanes of at least 4 members (excludes halogenated alkanes) is 12. The number of rotatable bonds is 64. The molecular formula is C79H142N7O33P. The largest absolute Gasteiger partial charge is 0.469 e. The number of nitrogens with one attached hydrogen (secondary N) is 7.